The minimum absolute atomic E-state index is 0.756. The fourth-order valence-electron chi connectivity index (χ4n) is 2.69. The first-order chi connectivity index (χ1) is 10.2. The van der Waals surface area contributed by atoms with Crippen LogP contribution in [0.4, 0.5) is 0 Å². The molecule has 114 valence electrons. The Morgan fingerprint density at radius 1 is 1.19 bits per heavy atom. The summed E-state index contributed by atoms with van der Waals surface area (Å²) >= 11 is 5.49. The Kier molecular flexibility index (Phi) is 5.12. The third-order valence-electron chi connectivity index (χ3n) is 3.88. The van der Waals surface area contributed by atoms with Gasteiger partial charge in [0.25, 0.3) is 0 Å². The molecule has 0 aromatic carbocycles. The van der Waals surface area contributed by atoms with E-state index in [9.17, 15) is 0 Å². The minimum Gasteiger partial charge on any atom is -0.215 e. The molecule has 2 heterocycles. The first kappa shape index (κ1) is 15.6. The molecular weight excluding hydrogens is 316 g/mol. The van der Waals surface area contributed by atoms with Gasteiger partial charge in [0.1, 0.15) is 9.86 Å². The van der Waals surface area contributed by atoms with E-state index in [1.807, 2.05) is 23.1 Å². The predicted octanol–water partition coefficient (Wildman–Crippen LogP) is 5.43. The van der Waals surface area contributed by atoms with E-state index in [-0.39, 0.29) is 0 Å². The number of aryl methyl sites for hydroxylation is 2. The van der Waals surface area contributed by atoms with E-state index in [1.54, 1.807) is 22.2 Å². The zero-order chi connectivity index (χ0) is 14.8. The van der Waals surface area contributed by atoms with E-state index >= 15 is 0 Å². The van der Waals surface area contributed by atoms with Crippen molar-refractivity contribution in [3.05, 3.63) is 10.4 Å². The number of rotatable bonds is 5. The standard InChI is InChI=1S/C16H22N2S3/c1-10(2)8-9-20-14-13-11-6-4-5-7-12(11)21-15(13)18-16(17-14)19-3/h10H,4-9H2,1-3H3. The first-order valence-electron chi connectivity index (χ1n) is 7.68. The van der Waals surface area contributed by atoms with Crippen LogP contribution in [0, 0.1) is 5.92 Å². The zero-order valence-corrected chi connectivity index (χ0v) is 15.4. The SMILES string of the molecule is CSc1nc(SCCC(C)C)c2c3c(sc2n1)CCCC3. The fraction of sp³-hybridized carbons (Fsp3) is 0.625. The van der Waals surface area contributed by atoms with Crippen molar-refractivity contribution in [1.82, 2.24) is 9.97 Å². The van der Waals surface area contributed by atoms with Gasteiger partial charge in [0.15, 0.2) is 5.16 Å². The maximum Gasteiger partial charge on any atom is 0.189 e. The Morgan fingerprint density at radius 2 is 2.00 bits per heavy atom. The Hall–Kier alpha value is -0.260. The maximum atomic E-state index is 4.82. The normalized spacial score (nSPS) is 14.9. The number of thioether (sulfide) groups is 2. The van der Waals surface area contributed by atoms with E-state index in [0.717, 1.165) is 16.8 Å². The molecule has 21 heavy (non-hydrogen) atoms. The van der Waals surface area contributed by atoms with Crippen LogP contribution in [0.3, 0.4) is 0 Å². The van der Waals surface area contributed by atoms with Gasteiger partial charge in [0.05, 0.1) is 0 Å². The van der Waals surface area contributed by atoms with Crippen LogP contribution in [0.15, 0.2) is 10.2 Å². The molecule has 0 radical (unpaired) electrons. The monoisotopic (exact) mass is 338 g/mol. The highest BCUT2D eigenvalue weighted by molar-refractivity contribution is 7.99. The molecule has 0 spiro atoms. The molecular formula is C16H22N2S3. The molecule has 5 heteroatoms. The molecule has 3 rings (SSSR count). The number of aromatic nitrogens is 2. The number of hydrogen-bond donors (Lipinski definition) is 0. The predicted molar refractivity (Wildman–Crippen MR) is 96.0 cm³/mol. The molecule has 2 aromatic heterocycles. The van der Waals surface area contributed by atoms with Crippen molar-refractivity contribution in [2.24, 2.45) is 5.92 Å². The lowest BCUT2D eigenvalue weighted by Crippen LogP contribution is -2.00. The van der Waals surface area contributed by atoms with Gasteiger partial charge in [-0.15, -0.1) is 23.1 Å². The average Bonchev–Trinajstić information content (AvgIpc) is 2.85. The summed E-state index contributed by atoms with van der Waals surface area (Å²) in [5, 5.41) is 3.53. The number of hydrogen-bond acceptors (Lipinski definition) is 5. The molecule has 2 nitrogen and oxygen atoms in total. The largest absolute Gasteiger partial charge is 0.215 e. The second kappa shape index (κ2) is 6.88. The van der Waals surface area contributed by atoms with Gasteiger partial charge in [-0.2, -0.15) is 0 Å². The van der Waals surface area contributed by atoms with Crippen LogP contribution in [0.2, 0.25) is 0 Å². The molecule has 0 N–H and O–H groups in total. The Labute approximate surface area is 139 Å². The number of nitrogens with zero attached hydrogens (tertiary/aromatic N) is 2. The quantitative estimate of drug-likeness (QED) is 0.412. The molecule has 0 bridgehead atoms. The summed E-state index contributed by atoms with van der Waals surface area (Å²) in [5.41, 5.74) is 1.56. The summed E-state index contributed by atoms with van der Waals surface area (Å²) in [6.45, 7) is 4.58. The van der Waals surface area contributed by atoms with Gasteiger partial charge in [0.2, 0.25) is 0 Å². The molecule has 1 aliphatic carbocycles. The van der Waals surface area contributed by atoms with Crippen LogP contribution in [0.5, 0.6) is 0 Å². The van der Waals surface area contributed by atoms with Crippen molar-refractivity contribution in [1.29, 1.82) is 0 Å². The van der Waals surface area contributed by atoms with E-state index in [2.05, 4.69) is 20.1 Å². The molecule has 0 saturated heterocycles. The lowest BCUT2D eigenvalue weighted by molar-refractivity contribution is 0.632. The van der Waals surface area contributed by atoms with E-state index < -0.39 is 0 Å². The van der Waals surface area contributed by atoms with Crippen molar-refractivity contribution in [3.8, 4) is 0 Å². The summed E-state index contributed by atoms with van der Waals surface area (Å²) in [6.07, 6.45) is 8.42. The summed E-state index contributed by atoms with van der Waals surface area (Å²) in [7, 11) is 0. The maximum absolute atomic E-state index is 4.82. The molecule has 1 aliphatic rings. The van der Waals surface area contributed by atoms with Crippen LogP contribution in [-0.2, 0) is 12.8 Å². The summed E-state index contributed by atoms with van der Waals surface area (Å²) < 4.78 is 0. The van der Waals surface area contributed by atoms with Crippen LogP contribution < -0.4 is 0 Å². The van der Waals surface area contributed by atoms with Crippen LogP contribution in [0.1, 0.15) is 43.6 Å². The van der Waals surface area contributed by atoms with Gasteiger partial charge < -0.3 is 0 Å². The second-order valence-electron chi connectivity index (χ2n) is 5.94. The van der Waals surface area contributed by atoms with Crippen LogP contribution >= 0.6 is 34.9 Å². The third-order valence-corrected chi connectivity index (χ3v) is 6.62. The molecule has 0 saturated carbocycles. The smallest absolute Gasteiger partial charge is 0.189 e. The summed E-state index contributed by atoms with van der Waals surface area (Å²) in [6, 6.07) is 0. The Balaban J connectivity index is 2.00. The van der Waals surface area contributed by atoms with Crippen molar-refractivity contribution in [3.63, 3.8) is 0 Å². The fourth-order valence-corrected chi connectivity index (χ4v) is 5.80. The lowest BCUT2D eigenvalue weighted by Gasteiger charge is -2.12. The molecule has 0 atom stereocenters. The molecule has 0 fully saturated rings. The number of fused-ring (bicyclic) bond motifs is 3. The zero-order valence-electron chi connectivity index (χ0n) is 12.9. The highest BCUT2D eigenvalue weighted by atomic mass is 32.2. The van der Waals surface area contributed by atoms with Gasteiger partial charge in [-0.05, 0) is 55.6 Å². The van der Waals surface area contributed by atoms with Gasteiger partial charge >= 0.3 is 0 Å². The average molecular weight is 339 g/mol. The topological polar surface area (TPSA) is 25.8 Å². The van der Waals surface area contributed by atoms with Gasteiger partial charge in [0, 0.05) is 10.3 Å². The van der Waals surface area contributed by atoms with Crippen molar-refractivity contribution >= 4 is 45.1 Å². The second-order valence-corrected chi connectivity index (χ2v) is 8.88. The molecule has 0 unspecified atom stereocenters. The lowest BCUT2D eigenvalue weighted by atomic mass is 9.97. The first-order valence-corrected chi connectivity index (χ1v) is 10.7. The van der Waals surface area contributed by atoms with E-state index in [4.69, 9.17) is 9.97 Å². The van der Waals surface area contributed by atoms with Gasteiger partial charge in [-0.25, -0.2) is 9.97 Å². The Bertz CT molecular complexity index is 634. The summed E-state index contributed by atoms with van der Waals surface area (Å²) in [4.78, 5) is 12.4. The minimum atomic E-state index is 0.756. The summed E-state index contributed by atoms with van der Waals surface area (Å²) in [5.74, 6) is 1.91. The molecule has 0 aliphatic heterocycles. The van der Waals surface area contributed by atoms with E-state index in [0.29, 0.717) is 0 Å². The third kappa shape index (κ3) is 3.40. The van der Waals surface area contributed by atoms with E-state index in [1.165, 1.54) is 47.3 Å². The van der Waals surface area contributed by atoms with Crippen molar-refractivity contribution < 1.29 is 0 Å². The van der Waals surface area contributed by atoms with Crippen molar-refractivity contribution in [2.75, 3.05) is 12.0 Å². The van der Waals surface area contributed by atoms with Crippen LogP contribution in [-0.4, -0.2) is 22.0 Å². The Morgan fingerprint density at radius 3 is 2.76 bits per heavy atom. The van der Waals surface area contributed by atoms with Gasteiger partial charge in [-0.3, -0.25) is 0 Å². The van der Waals surface area contributed by atoms with Crippen LogP contribution in [0.25, 0.3) is 10.2 Å². The number of thiophene rings is 1. The van der Waals surface area contributed by atoms with Crippen molar-refractivity contribution in [2.45, 2.75) is 56.1 Å². The highest BCUT2D eigenvalue weighted by Gasteiger charge is 2.21. The molecule has 2 aromatic rings. The molecule has 0 amide bonds. The van der Waals surface area contributed by atoms with Gasteiger partial charge in [-0.1, -0.05) is 25.6 Å². The highest BCUT2D eigenvalue weighted by Crippen LogP contribution is 2.40.